The summed E-state index contributed by atoms with van der Waals surface area (Å²) < 4.78 is 48.4. The lowest BCUT2D eigenvalue weighted by Crippen LogP contribution is -2.44. The third-order valence-electron chi connectivity index (χ3n) is 3.55. The first kappa shape index (κ1) is 21.3. The van der Waals surface area contributed by atoms with Crippen molar-refractivity contribution < 1.29 is 37.0 Å². The van der Waals surface area contributed by atoms with Crippen molar-refractivity contribution in [1.82, 2.24) is 5.32 Å². The average molecular weight is 399 g/mol. The van der Waals surface area contributed by atoms with Crippen molar-refractivity contribution in [2.45, 2.75) is 45.0 Å². The number of rotatable bonds is 5. The van der Waals surface area contributed by atoms with Crippen molar-refractivity contribution in [3.05, 3.63) is 47.7 Å². The molecule has 0 saturated heterocycles. The van der Waals surface area contributed by atoms with Crippen LogP contribution in [0.5, 0.6) is 0 Å². The van der Waals surface area contributed by atoms with Crippen LogP contribution in [0.3, 0.4) is 0 Å². The van der Waals surface area contributed by atoms with Crippen LogP contribution >= 0.6 is 0 Å². The highest BCUT2D eigenvalue weighted by Gasteiger charge is 2.30. The number of furan rings is 1. The second-order valence-electron chi connectivity index (χ2n) is 7.08. The van der Waals surface area contributed by atoms with Gasteiger partial charge < -0.3 is 19.6 Å². The lowest BCUT2D eigenvalue weighted by molar-refractivity contribution is -0.139. The Balaban J connectivity index is 2.09. The van der Waals surface area contributed by atoms with Crippen LogP contribution in [0, 0.1) is 0 Å². The van der Waals surface area contributed by atoms with Crippen molar-refractivity contribution in [2.75, 3.05) is 0 Å². The molecule has 1 amide bonds. The van der Waals surface area contributed by atoms with Gasteiger partial charge in [-0.3, -0.25) is 0 Å². The maximum absolute atomic E-state index is 12.6. The zero-order valence-corrected chi connectivity index (χ0v) is 15.5. The quantitative estimate of drug-likeness (QED) is 0.774. The summed E-state index contributed by atoms with van der Waals surface area (Å²) in [5.74, 6) is -0.748. The van der Waals surface area contributed by atoms with E-state index in [0.717, 1.165) is 12.1 Å². The van der Waals surface area contributed by atoms with Crippen molar-refractivity contribution >= 4 is 12.1 Å². The lowest BCUT2D eigenvalue weighted by atomic mass is 10.1. The van der Waals surface area contributed by atoms with Gasteiger partial charge in [0.1, 0.15) is 23.2 Å². The maximum atomic E-state index is 12.6. The zero-order chi connectivity index (χ0) is 21.1. The topological polar surface area (TPSA) is 88.8 Å². The minimum absolute atomic E-state index is 0.158. The number of aliphatic carboxylic acids is 1. The van der Waals surface area contributed by atoms with Crippen LogP contribution in [0.15, 0.2) is 40.8 Å². The van der Waals surface area contributed by atoms with Crippen LogP contribution in [0.25, 0.3) is 11.3 Å². The summed E-state index contributed by atoms with van der Waals surface area (Å²) in [6.07, 6.45) is -5.47. The second-order valence-corrected chi connectivity index (χ2v) is 7.08. The molecule has 6 nitrogen and oxygen atoms in total. The Hall–Kier alpha value is -2.97. The van der Waals surface area contributed by atoms with Gasteiger partial charge in [0, 0.05) is 12.0 Å². The Bertz CT molecular complexity index is 834. The minimum Gasteiger partial charge on any atom is -0.480 e. The minimum atomic E-state index is -4.44. The number of nitrogens with one attached hydrogen (secondary N) is 1. The molecule has 0 bridgehead atoms. The second kappa shape index (κ2) is 7.95. The van der Waals surface area contributed by atoms with E-state index in [0.29, 0.717) is 5.56 Å². The van der Waals surface area contributed by atoms with Gasteiger partial charge in [0.05, 0.1) is 5.56 Å². The lowest BCUT2D eigenvalue weighted by Gasteiger charge is -2.21. The molecule has 0 spiro atoms. The molecule has 0 fully saturated rings. The molecule has 1 aromatic heterocycles. The number of carbonyl (C=O) groups is 2. The summed E-state index contributed by atoms with van der Waals surface area (Å²) in [6, 6.07) is 6.12. The molecule has 9 heteroatoms. The van der Waals surface area contributed by atoms with E-state index in [9.17, 15) is 27.9 Å². The molecule has 2 aromatic rings. The fourth-order valence-electron chi connectivity index (χ4n) is 2.32. The third-order valence-corrected chi connectivity index (χ3v) is 3.55. The van der Waals surface area contributed by atoms with E-state index in [4.69, 9.17) is 9.15 Å². The average Bonchev–Trinajstić information content (AvgIpc) is 3.00. The van der Waals surface area contributed by atoms with Crippen LogP contribution in [-0.2, 0) is 22.1 Å². The molecular formula is C19H20F3NO5. The van der Waals surface area contributed by atoms with Gasteiger partial charge in [-0.05, 0) is 45.0 Å². The number of alkyl halides is 3. The predicted octanol–water partition coefficient (Wildman–Crippen LogP) is 4.49. The Morgan fingerprint density at radius 2 is 1.71 bits per heavy atom. The van der Waals surface area contributed by atoms with Crippen molar-refractivity contribution in [3.63, 3.8) is 0 Å². The number of carbonyl (C=O) groups excluding carboxylic acids is 1. The fraction of sp³-hybridized carbons (Fsp3) is 0.368. The van der Waals surface area contributed by atoms with Crippen LogP contribution < -0.4 is 5.32 Å². The van der Waals surface area contributed by atoms with E-state index >= 15 is 0 Å². The maximum Gasteiger partial charge on any atom is 0.416 e. The van der Waals surface area contributed by atoms with Gasteiger partial charge in [0.25, 0.3) is 0 Å². The van der Waals surface area contributed by atoms with E-state index in [1.54, 1.807) is 20.8 Å². The Morgan fingerprint density at radius 3 is 2.21 bits per heavy atom. The Morgan fingerprint density at radius 1 is 1.11 bits per heavy atom. The van der Waals surface area contributed by atoms with Gasteiger partial charge >= 0.3 is 18.2 Å². The van der Waals surface area contributed by atoms with E-state index in [2.05, 4.69) is 5.32 Å². The highest BCUT2D eigenvalue weighted by Crippen LogP contribution is 2.31. The molecule has 0 aliphatic heterocycles. The van der Waals surface area contributed by atoms with E-state index < -0.39 is 35.4 Å². The summed E-state index contributed by atoms with van der Waals surface area (Å²) in [7, 11) is 0. The molecule has 1 unspecified atom stereocenters. The fourth-order valence-corrected chi connectivity index (χ4v) is 2.32. The number of amides is 1. The first-order valence-electron chi connectivity index (χ1n) is 8.34. The molecule has 0 aliphatic carbocycles. The predicted molar refractivity (Wildman–Crippen MR) is 93.6 cm³/mol. The van der Waals surface area contributed by atoms with Crippen LogP contribution in [0.1, 0.15) is 32.1 Å². The van der Waals surface area contributed by atoms with Gasteiger partial charge in [-0.2, -0.15) is 13.2 Å². The first-order valence-corrected chi connectivity index (χ1v) is 8.34. The third kappa shape index (κ3) is 6.04. The largest absolute Gasteiger partial charge is 0.480 e. The highest BCUT2D eigenvalue weighted by atomic mass is 19.4. The molecule has 0 radical (unpaired) electrons. The van der Waals surface area contributed by atoms with Gasteiger partial charge in [-0.15, -0.1) is 0 Å². The van der Waals surface area contributed by atoms with Crippen LogP contribution in [0.2, 0.25) is 0 Å². The first-order chi connectivity index (χ1) is 12.8. The molecular weight excluding hydrogens is 379 g/mol. The monoisotopic (exact) mass is 399 g/mol. The highest BCUT2D eigenvalue weighted by molar-refractivity contribution is 5.80. The van der Waals surface area contributed by atoms with Crippen molar-refractivity contribution in [1.29, 1.82) is 0 Å². The number of halogens is 3. The SMILES string of the molecule is CC(C)(C)OC(=O)NC(Cc1ccc(-c2ccc(C(F)(F)F)cc2)o1)C(=O)O. The summed E-state index contributed by atoms with van der Waals surface area (Å²) >= 11 is 0. The molecule has 2 N–H and O–H groups in total. The summed E-state index contributed by atoms with van der Waals surface area (Å²) in [4.78, 5) is 23.2. The van der Waals surface area contributed by atoms with E-state index in [1.807, 2.05) is 0 Å². The number of ether oxygens (including phenoxy) is 1. The van der Waals surface area contributed by atoms with Gasteiger partial charge in [-0.25, -0.2) is 9.59 Å². The Labute approximate surface area is 159 Å². The number of carboxylic acid groups (broad SMARTS) is 1. The zero-order valence-electron chi connectivity index (χ0n) is 15.5. The Kier molecular flexibility index (Phi) is 6.06. The molecule has 28 heavy (non-hydrogen) atoms. The standard InChI is InChI=1S/C19H20F3NO5/c1-18(2,3)28-17(26)23-14(16(24)25)10-13-8-9-15(27-13)11-4-6-12(7-5-11)19(20,21)22/h4-9,14H,10H2,1-3H3,(H,23,26)(H,24,25). The molecule has 1 aromatic carbocycles. The molecule has 2 rings (SSSR count). The molecule has 0 saturated carbocycles. The van der Waals surface area contributed by atoms with E-state index in [1.165, 1.54) is 24.3 Å². The van der Waals surface area contributed by atoms with Gasteiger partial charge in [-0.1, -0.05) is 12.1 Å². The van der Waals surface area contributed by atoms with E-state index in [-0.39, 0.29) is 17.9 Å². The molecule has 152 valence electrons. The number of benzene rings is 1. The number of carboxylic acids is 1. The van der Waals surface area contributed by atoms with Crippen molar-refractivity contribution in [2.24, 2.45) is 0 Å². The van der Waals surface area contributed by atoms with Crippen LogP contribution in [0.4, 0.5) is 18.0 Å². The number of hydrogen-bond donors (Lipinski definition) is 2. The van der Waals surface area contributed by atoms with Crippen LogP contribution in [-0.4, -0.2) is 28.8 Å². The molecule has 1 atom stereocenters. The number of hydrogen-bond acceptors (Lipinski definition) is 4. The van der Waals surface area contributed by atoms with Gasteiger partial charge in [0.15, 0.2) is 0 Å². The van der Waals surface area contributed by atoms with Crippen molar-refractivity contribution in [3.8, 4) is 11.3 Å². The smallest absolute Gasteiger partial charge is 0.416 e. The normalized spacial score (nSPS) is 13.1. The van der Waals surface area contributed by atoms with Gasteiger partial charge in [0.2, 0.25) is 0 Å². The number of alkyl carbamates (subject to hydrolysis) is 1. The summed E-state index contributed by atoms with van der Waals surface area (Å²) in [5.41, 5.74) is -1.16. The summed E-state index contributed by atoms with van der Waals surface area (Å²) in [6.45, 7) is 4.93. The molecule has 0 aliphatic rings. The summed E-state index contributed by atoms with van der Waals surface area (Å²) in [5, 5.41) is 11.5. The molecule has 1 heterocycles.